The second-order valence-electron chi connectivity index (χ2n) is 6.50. The molecule has 145 valence electrons. The van der Waals surface area contributed by atoms with Crippen molar-refractivity contribution in [1.82, 2.24) is 9.97 Å². The maximum Gasteiger partial charge on any atom is 0.178 e. The molecule has 4 aromatic rings. The van der Waals surface area contributed by atoms with E-state index in [1.54, 1.807) is 38.4 Å². The summed E-state index contributed by atoms with van der Waals surface area (Å²) < 4.78 is 29.4. The number of hydrogen-bond acceptors (Lipinski definition) is 5. The van der Waals surface area contributed by atoms with Gasteiger partial charge >= 0.3 is 0 Å². The summed E-state index contributed by atoms with van der Waals surface area (Å²) in [4.78, 5) is 9.72. The third-order valence-corrected chi connectivity index (χ3v) is 6.52. The van der Waals surface area contributed by atoms with E-state index in [2.05, 4.69) is 11.1 Å². The van der Waals surface area contributed by atoms with Gasteiger partial charge in [0.05, 0.1) is 40.7 Å². The van der Waals surface area contributed by atoms with Crippen LogP contribution in [0.25, 0.3) is 33.4 Å². The Kier molecular flexibility index (Phi) is 5.03. The molecule has 29 heavy (non-hydrogen) atoms. The van der Waals surface area contributed by atoms with Gasteiger partial charge in [-0.3, -0.25) is 4.98 Å². The number of fused-ring (bicyclic) bond motifs is 1. The largest absolute Gasteiger partial charge is 0.496 e. The van der Waals surface area contributed by atoms with Crippen molar-refractivity contribution >= 4 is 20.9 Å². The first-order chi connectivity index (χ1) is 14.0. The van der Waals surface area contributed by atoms with E-state index in [1.807, 2.05) is 42.5 Å². The molecule has 0 unspecified atom stereocenters. The van der Waals surface area contributed by atoms with Crippen LogP contribution in [0.1, 0.15) is 6.92 Å². The van der Waals surface area contributed by atoms with Gasteiger partial charge in [0.2, 0.25) is 0 Å². The molecular weight excluding hydrogens is 384 g/mol. The zero-order valence-corrected chi connectivity index (χ0v) is 16.9. The molecule has 1 radical (unpaired) electrons. The molecule has 5 nitrogen and oxygen atoms in total. The van der Waals surface area contributed by atoms with Crippen LogP contribution >= 0.6 is 0 Å². The fraction of sp³-hybridized carbons (Fsp3) is 0.130. The van der Waals surface area contributed by atoms with Gasteiger partial charge in [-0.1, -0.05) is 37.3 Å². The Bertz CT molecular complexity index is 1280. The summed E-state index contributed by atoms with van der Waals surface area (Å²) in [6, 6.07) is 21.3. The maximum absolute atomic E-state index is 12.1. The summed E-state index contributed by atoms with van der Waals surface area (Å²) in [6.45, 7) is 1.64. The van der Waals surface area contributed by atoms with Crippen LogP contribution in [0.5, 0.6) is 5.75 Å². The Morgan fingerprint density at radius 1 is 1.03 bits per heavy atom. The highest BCUT2D eigenvalue weighted by Crippen LogP contribution is 2.30. The number of hydrogen-bond donors (Lipinski definition) is 0. The highest BCUT2D eigenvalue weighted by Gasteiger charge is 2.13. The summed E-state index contributed by atoms with van der Waals surface area (Å²) >= 11 is 0. The van der Waals surface area contributed by atoms with Crippen molar-refractivity contribution in [1.29, 1.82) is 0 Å². The van der Waals surface area contributed by atoms with E-state index in [4.69, 9.17) is 9.72 Å². The van der Waals surface area contributed by atoms with Gasteiger partial charge in [-0.15, -0.1) is 0 Å². The second-order valence-corrected chi connectivity index (χ2v) is 8.78. The molecule has 0 amide bonds. The SMILES string of the molecule is CCS(=O)(=O)c1ccc(-c2cccc3ncc(-c4cc[c]c(OC)c4)nc23)cc1. The molecule has 0 fully saturated rings. The van der Waals surface area contributed by atoms with Gasteiger partial charge in [-0.2, -0.15) is 0 Å². The normalized spacial score (nSPS) is 11.5. The maximum atomic E-state index is 12.1. The van der Waals surface area contributed by atoms with Crippen LogP contribution in [0.4, 0.5) is 0 Å². The lowest BCUT2D eigenvalue weighted by atomic mass is 10.0. The predicted octanol–water partition coefficient (Wildman–Crippen LogP) is 4.57. The molecule has 0 aliphatic carbocycles. The molecule has 0 bridgehead atoms. The topological polar surface area (TPSA) is 69.2 Å². The van der Waals surface area contributed by atoms with Gasteiger partial charge in [0.15, 0.2) is 9.84 Å². The quantitative estimate of drug-likeness (QED) is 0.488. The van der Waals surface area contributed by atoms with E-state index < -0.39 is 9.84 Å². The number of para-hydroxylation sites is 1. The first-order valence-electron chi connectivity index (χ1n) is 9.17. The van der Waals surface area contributed by atoms with Crippen molar-refractivity contribution in [3.8, 4) is 28.1 Å². The van der Waals surface area contributed by atoms with Crippen LogP contribution in [0, 0.1) is 6.07 Å². The lowest BCUT2D eigenvalue weighted by Gasteiger charge is -2.09. The van der Waals surface area contributed by atoms with E-state index in [9.17, 15) is 8.42 Å². The molecule has 1 aromatic heterocycles. The molecule has 4 rings (SSSR count). The minimum Gasteiger partial charge on any atom is -0.496 e. The molecule has 0 saturated heterocycles. The van der Waals surface area contributed by atoms with Crippen LogP contribution < -0.4 is 4.74 Å². The Morgan fingerprint density at radius 2 is 1.83 bits per heavy atom. The van der Waals surface area contributed by atoms with Gasteiger partial charge in [0.1, 0.15) is 5.75 Å². The average molecular weight is 403 g/mol. The highest BCUT2D eigenvalue weighted by molar-refractivity contribution is 7.91. The molecule has 3 aromatic carbocycles. The highest BCUT2D eigenvalue weighted by atomic mass is 32.2. The van der Waals surface area contributed by atoms with E-state index in [0.717, 1.165) is 33.4 Å². The zero-order chi connectivity index (χ0) is 20.4. The van der Waals surface area contributed by atoms with E-state index in [0.29, 0.717) is 10.6 Å². The summed E-state index contributed by atoms with van der Waals surface area (Å²) in [5.74, 6) is 0.707. The Balaban J connectivity index is 1.83. The van der Waals surface area contributed by atoms with Gasteiger partial charge in [-0.05, 0) is 35.9 Å². The van der Waals surface area contributed by atoms with Gasteiger partial charge in [0, 0.05) is 17.2 Å². The molecule has 1 heterocycles. The van der Waals surface area contributed by atoms with Crippen molar-refractivity contribution in [2.24, 2.45) is 0 Å². The summed E-state index contributed by atoms with van der Waals surface area (Å²) in [6.07, 6.45) is 1.73. The van der Waals surface area contributed by atoms with Crippen LogP contribution in [0.2, 0.25) is 0 Å². The molecule has 0 aliphatic rings. The standard InChI is InChI=1S/C23H19N2O3S/c1-3-29(26,27)19-12-10-16(11-13-19)20-8-5-9-21-23(20)25-22(15-24-21)17-6-4-7-18(14-17)28-2/h4-6,8-15H,3H2,1-2H3. The minimum atomic E-state index is -3.23. The molecule has 0 aliphatic heterocycles. The lowest BCUT2D eigenvalue weighted by Crippen LogP contribution is -2.03. The van der Waals surface area contributed by atoms with Crippen LogP contribution in [-0.4, -0.2) is 31.2 Å². The Morgan fingerprint density at radius 3 is 2.55 bits per heavy atom. The minimum absolute atomic E-state index is 0.0768. The number of rotatable bonds is 5. The van der Waals surface area contributed by atoms with Crippen molar-refractivity contribution in [3.63, 3.8) is 0 Å². The van der Waals surface area contributed by atoms with Crippen molar-refractivity contribution in [2.75, 3.05) is 12.9 Å². The first-order valence-corrected chi connectivity index (χ1v) is 10.8. The molecule has 0 atom stereocenters. The predicted molar refractivity (Wildman–Crippen MR) is 114 cm³/mol. The molecule has 0 saturated carbocycles. The van der Waals surface area contributed by atoms with Crippen LogP contribution in [0.3, 0.4) is 0 Å². The monoisotopic (exact) mass is 403 g/mol. The summed E-state index contributed by atoms with van der Waals surface area (Å²) in [7, 11) is -1.63. The van der Waals surface area contributed by atoms with Crippen molar-refractivity contribution in [2.45, 2.75) is 11.8 Å². The van der Waals surface area contributed by atoms with Crippen molar-refractivity contribution in [3.05, 3.63) is 72.9 Å². The summed E-state index contributed by atoms with van der Waals surface area (Å²) in [5.41, 5.74) is 4.91. The third kappa shape index (κ3) is 3.71. The zero-order valence-electron chi connectivity index (χ0n) is 16.1. The lowest BCUT2D eigenvalue weighted by molar-refractivity contribution is 0.414. The molecule has 0 N–H and O–H groups in total. The van der Waals surface area contributed by atoms with Crippen molar-refractivity contribution < 1.29 is 13.2 Å². The van der Waals surface area contributed by atoms with Crippen LogP contribution in [-0.2, 0) is 9.84 Å². The number of methoxy groups -OCH3 is 1. The fourth-order valence-electron chi connectivity index (χ4n) is 3.14. The number of sulfone groups is 1. The smallest absolute Gasteiger partial charge is 0.178 e. The fourth-order valence-corrected chi connectivity index (χ4v) is 4.02. The first kappa shape index (κ1) is 19.1. The number of aromatic nitrogens is 2. The number of nitrogens with zero attached hydrogens (tertiary/aromatic N) is 2. The summed E-state index contributed by atoms with van der Waals surface area (Å²) in [5, 5.41) is 0. The van der Waals surface area contributed by atoms with Crippen LogP contribution in [0.15, 0.2) is 71.8 Å². The van der Waals surface area contributed by atoms with E-state index >= 15 is 0 Å². The second kappa shape index (κ2) is 7.64. The Hall–Kier alpha value is -3.25. The molecule has 6 heteroatoms. The van der Waals surface area contributed by atoms with E-state index in [1.165, 1.54) is 0 Å². The number of benzene rings is 3. The Labute approximate surface area is 170 Å². The molecular formula is C23H19N2O3S. The third-order valence-electron chi connectivity index (χ3n) is 4.77. The van der Waals surface area contributed by atoms with Gasteiger partial charge in [-0.25, -0.2) is 13.4 Å². The van der Waals surface area contributed by atoms with Gasteiger partial charge in [0.25, 0.3) is 0 Å². The molecule has 0 spiro atoms. The van der Waals surface area contributed by atoms with Gasteiger partial charge < -0.3 is 4.74 Å². The average Bonchev–Trinajstić information content (AvgIpc) is 2.78. The van der Waals surface area contributed by atoms with E-state index in [-0.39, 0.29) is 5.75 Å². The number of ether oxygens (including phenoxy) is 1.